The molecule has 1 amide bonds. The second-order valence-electron chi connectivity index (χ2n) is 6.08. The van der Waals surface area contributed by atoms with Gasteiger partial charge in [-0.1, -0.05) is 6.07 Å². The van der Waals surface area contributed by atoms with Crippen molar-refractivity contribution in [3.8, 4) is 11.6 Å². The molecule has 3 N–H and O–H groups in total. The fourth-order valence-electron chi connectivity index (χ4n) is 2.80. The zero-order valence-corrected chi connectivity index (χ0v) is 15.8. The van der Waals surface area contributed by atoms with Crippen LogP contribution in [0.15, 0.2) is 24.5 Å². The Balaban J connectivity index is 1.70. The van der Waals surface area contributed by atoms with Gasteiger partial charge in [0.15, 0.2) is 0 Å². The van der Waals surface area contributed by atoms with Crippen LogP contribution in [-0.4, -0.2) is 57.8 Å². The Hall–Kier alpha value is -2.14. The van der Waals surface area contributed by atoms with E-state index in [-0.39, 0.29) is 24.2 Å². The molecule has 0 bridgehead atoms. The number of benzene rings is 1. The molecule has 0 spiro atoms. The van der Waals surface area contributed by atoms with E-state index < -0.39 is 13.0 Å². The van der Waals surface area contributed by atoms with E-state index in [0.29, 0.717) is 23.6 Å². The Morgan fingerprint density at radius 3 is 2.93 bits per heavy atom. The van der Waals surface area contributed by atoms with Gasteiger partial charge in [0.2, 0.25) is 5.88 Å². The summed E-state index contributed by atoms with van der Waals surface area (Å²) in [6, 6.07) is 3.28. The molecule has 1 aromatic carbocycles. The number of hydrogen-bond acceptors (Lipinski definition) is 8. The number of amides is 1. The molecule has 142 valence electrons. The smallest absolute Gasteiger partial charge is 0.437 e. The number of nitrogens with zero attached hydrogens (tertiary/aromatic N) is 2. The second kappa shape index (κ2) is 8.70. The van der Waals surface area contributed by atoms with Crippen LogP contribution in [0.2, 0.25) is 0 Å². The van der Waals surface area contributed by atoms with Crippen LogP contribution >= 0.6 is 11.8 Å². The molecule has 0 unspecified atom stereocenters. The normalized spacial score (nSPS) is 14.0. The number of hydrogen-bond donors (Lipinski definition) is 3. The molecule has 0 fully saturated rings. The van der Waals surface area contributed by atoms with Crippen molar-refractivity contribution >= 4 is 30.3 Å². The minimum absolute atomic E-state index is 0.136. The number of carbonyl (C=O) groups excluding carboxylic acids is 1. The number of fused-ring (bicyclic) bond motifs is 1. The fourth-order valence-corrected chi connectivity index (χ4v) is 3.39. The van der Waals surface area contributed by atoms with Crippen molar-refractivity contribution in [2.45, 2.75) is 19.6 Å². The Morgan fingerprint density at radius 2 is 2.26 bits per heavy atom. The van der Waals surface area contributed by atoms with Crippen LogP contribution in [0.3, 0.4) is 0 Å². The van der Waals surface area contributed by atoms with Crippen molar-refractivity contribution < 1.29 is 24.3 Å². The Bertz CT molecular complexity index is 821. The molecule has 1 aliphatic heterocycles. The van der Waals surface area contributed by atoms with E-state index >= 15 is 0 Å². The molecule has 27 heavy (non-hydrogen) atoms. The number of aliphatic hydroxyl groups is 1. The standard InChI is InChI=1S/C17H20BN3O5S/c1-10-14(4-3-11-8-25-18(24)16(10)11)26-15-6-19-13(5-20-15)17(23)21-12(7-22)9-27-2/h3-6,12,22,24H,7-9H2,1-2H3,(H,21,23)/t12-/m0/s1. The van der Waals surface area contributed by atoms with Crippen LogP contribution in [0.5, 0.6) is 11.6 Å². The second-order valence-corrected chi connectivity index (χ2v) is 6.99. The van der Waals surface area contributed by atoms with Crippen molar-refractivity contribution in [3.05, 3.63) is 41.3 Å². The Kier molecular flexibility index (Phi) is 6.32. The zero-order chi connectivity index (χ0) is 19.4. The van der Waals surface area contributed by atoms with Gasteiger partial charge in [-0.3, -0.25) is 4.79 Å². The van der Waals surface area contributed by atoms with Crippen LogP contribution < -0.4 is 15.5 Å². The van der Waals surface area contributed by atoms with Gasteiger partial charge >= 0.3 is 7.12 Å². The van der Waals surface area contributed by atoms with Crippen molar-refractivity contribution in [1.29, 1.82) is 0 Å². The number of carbonyl (C=O) groups is 1. The zero-order valence-electron chi connectivity index (χ0n) is 15.0. The number of nitrogens with one attached hydrogen (secondary N) is 1. The molecule has 0 saturated heterocycles. The highest BCUT2D eigenvalue weighted by atomic mass is 32.2. The van der Waals surface area contributed by atoms with Crippen LogP contribution in [0.4, 0.5) is 0 Å². The maximum Gasteiger partial charge on any atom is 0.492 e. The van der Waals surface area contributed by atoms with E-state index in [0.717, 1.165) is 11.1 Å². The quantitative estimate of drug-likeness (QED) is 0.578. The van der Waals surface area contributed by atoms with Gasteiger partial charge in [0.25, 0.3) is 5.91 Å². The first-order valence-electron chi connectivity index (χ1n) is 8.36. The van der Waals surface area contributed by atoms with E-state index in [1.165, 1.54) is 24.2 Å². The van der Waals surface area contributed by atoms with Gasteiger partial charge in [0.05, 0.1) is 31.6 Å². The molecule has 0 aliphatic carbocycles. The summed E-state index contributed by atoms with van der Waals surface area (Å²) in [6.07, 6.45) is 4.57. The van der Waals surface area contributed by atoms with Crippen LogP contribution in [0.25, 0.3) is 0 Å². The van der Waals surface area contributed by atoms with E-state index in [9.17, 15) is 14.9 Å². The molecule has 10 heteroatoms. The van der Waals surface area contributed by atoms with Gasteiger partial charge in [-0.05, 0) is 35.8 Å². The number of aromatic nitrogens is 2. The molecule has 1 aromatic heterocycles. The van der Waals surface area contributed by atoms with Crippen molar-refractivity contribution in [2.24, 2.45) is 0 Å². The summed E-state index contributed by atoms with van der Waals surface area (Å²) in [6.45, 7) is 2.06. The fraction of sp³-hybridized carbons (Fsp3) is 0.353. The molecule has 0 saturated carbocycles. The molecule has 1 atom stereocenters. The van der Waals surface area contributed by atoms with E-state index in [1.807, 2.05) is 19.2 Å². The SMILES string of the molecule is CSC[C@H](CO)NC(=O)c1cnc(Oc2ccc3c(c2C)B(O)OC3)cn1. The third-order valence-electron chi connectivity index (χ3n) is 4.20. The van der Waals surface area contributed by atoms with Gasteiger partial charge < -0.3 is 24.8 Å². The maximum absolute atomic E-state index is 12.2. The topological polar surface area (TPSA) is 114 Å². The largest absolute Gasteiger partial charge is 0.492 e. The molecular weight excluding hydrogens is 369 g/mol. The molecule has 8 nitrogen and oxygen atoms in total. The molecule has 3 rings (SSSR count). The average Bonchev–Trinajstić information content (AvgIpc) is 3.05. The monoisotopic (exact) mass is 389 g/mol. The van der Waals surface area contributed by atoms with Crippen LogP contribution in [0, 0.1) is 6.92 Å². The maximum atomic E-state index is 12.2. The highest BCUT2D eigenvalue weighted by Crippen LogP contribution is 2.25. The third kappa shape index (κ3) is 4.41. The number of aliphatic hydroxyl groups excluding tert-OH is 1. The highest BCUT2D eigenvalue weighted by Gasteiger charge is 2.30. The Morgan fingerprint density at radius 1 is 1.44 bits per heavy atom. The molecule has 2 heterocycles. The summed E-state index contributed by atoms with van der Waals surface area (Å²) < 4.78 is 11.0. The third-order valence-corrected chi connectivity index (χ3v) is 4.93. The summed E-state index contributed by atoms with van der Waals surface area (Å²) in [7, 11) is -0.957. The first-order chi connectivity index (χ1) is 13.0. The minimum Gasteiger partial charge on any atom is -0.437 e. The molecule has 2 aromatic rings. The molecular formula is C17H20BN3O5S. The van der Waals surface area contributed by atoms with Gasteiger partial charge in [-0.15, -0.1) is 0 Å². The first-order valence-corrected chi connectivity index (χ1v) is 9.75. The van der Waals surface area contributed by atoms with Crippen molar-refractivity contribution in [3.63, 3.8) is 0 Å². The predicted octanol–water partition coefficient (Wildman–Crippen LogP) is 0.249. The molecule has 0 radical (unpaired) electrons. The minimum atomic E-state index is -0.957. The summed E-state index contributed by atoms with van der Waals surface area (Å²) in [5.41, 5.74) is 2.54. The van der Waals surface area contributed by atoms with E-state index in [4.69, 9.17) is 9.39 Å². The number of ether oxygens (including phenoxy) is 1. The van der Waals surface area contributed by atoms with Crippen LogP contribution in [-0.2, 0) is 11.3 Å². The van der Waals surface area contributed by atoms with Gasteiger partial charge in [-0.2, -0.15) is 11.8 Å². The summed E-state index contributed by atoms with van der Waals surface area (Å²) in [5.74, 6) is 0.955. The lowest BCUT2D eigenvalue weighted by Crippen LogP contribution is -2.39. The van der Waals surface area contributed by atoms with Gasteiger partial charge in [0.1, 0.15) is 11.4 Å². The number of rotatable bonds is 7. The first kappa shape index (κ1) is 19.6. The average molecular weight is 389 g/mol. The lowest BCUT2D eigenvalue weighted by Gasteiger charge is -2.14. The summed E-state index contributed by atoms with van der Waals surface area (Å²) >= 11 is 1.53. The number of thioether (sulfide) groups is 1. The Labute approximate surface area is 161 Å². The highest BCUT2D eigenvalue weighted by molar-refractivity contribution is 7.98. The van der Waals surface area contributed by atoms with Gasteiger partial charge in [-0.25, -0.2) is 9.97 Å². The summed E-state index contributed by atoms with van der Waals surface area (Å²) in [4.78, 5) is 20.4. The van der Waals surface area contributed by atoms with E-state index in [2.05, 4.69) is 15.3 Å². The van der Waals surface area contributed by atoms with E-state index in [1.54, 1.807) is 6.07 Å². The lowest BCUT2D eigenvalue weighted by atomic mass is 9.76. The van der Waals surface area contributed by atoms with Crippen molar-refractivity contribution in [2.75, 3.05) is 18.6 Å². The van der Waals surface area contributed by atoms with Gasteiger partial charge in [0, 0.05) is 5.75 Å². The lowest BCUT2D eigenvalue weighted by molar-refractivity contribution is 0.0918. The summed E-state index contributed by atoms with van der Waals surface area (Å²) in [5, 5.41) is 21.9. The predicted molar refractivity (Wildman–Crippen MR) is 102 cm³/mol. The van der Waals surface area contributed by atoms with Crippen LogP contribution in [0.1, 0.15) is 21.6 Å². The van der Waals surface area contributed by atoms with Crippen molar-refractivity contribution in [1.82, 2.24) is 15.3 Å². The molecule has 1 aliphatic rings.